The summed E-state index contributed by atoms with van der Waals surface area (Å²) in [6.07, 6.45) is 1.52. The Morgan fingerprint density at radius 3 is 2.42 bits per heavy atom. The molecule has 0 aliphatic rings. The second-order valence-corrected chi connectivity index (χ2v) is 8.28. The molecule has 0 atom stereocenters. The van der Waals surface area contributed by atoms with Crippen LogP contribution >= 0.6 is 15.9 Å². The van der Waals surface area contributed by atoms with Crippen LogP contribution in [0.1, 0.15) is 22.8 Å². The van der Waals surface area contributed by atoms with E-state index in [1.54, 1.807) is 44.2 Å². The summed E-state index contributed by atoms with van der Waals surface area (Å²) < 4.78 is 33.2. The number of hydrogen-bond acceptors (Lipinski definition) is 4. The molecule has 0 bridgehead atoms. The predicted octanol–water partition coefficient (Wildman–Crippen LogP) is 4.32. The van der Waals surface area contributed by atoms with Gasteiger partial charge in [0.1, 0.15) is 0 Å². The average molecular weight is 438 g/mol. The van der Waals surface area contributed by atoms with E-state index in [4.69, 9.17) is 4.74 Å². The molecule has 2 aromatic carbocycles. The van der Waals surface area contributed by atoms with Crippen LogP contribution in [0.25, 0.3) is 0 Å². The van der Waals surface area contributed by atoms with Crippen molar-refractivity contribution in [2.24, 2.45) is 0 Å². The number of ether oxygens (including phenoxy) is 1. The first-order valence-electron chi connectivity index (χ1n) is 7.98. The lowest BCUT2D eigenvalue weighted by atomic mass is 10.1. The molecule has 0 saturated carbocycles. The number of benzene rings is 2. The Morgan fingerprint density at radius 2 is 1.88 bits per heavy atom. The van der Waals surface area contributed by atoms with Crippen molar-refractivity contribution in [3.05, 3.63) is 70.7 Å². The van der Waals surface area contributed by atoms with Gasteiger partial charge in [-0.05, 0) is 61.9 Å². The zero-order chi connectivity index (χ0) is 19.3. The molecule has 0 radical (unpaired) electrons. The maximum absolute atomic E-state index is 13.1. The number of esters is 1. The van der Waals surface area contributed by atoms with E-state index in [-0.39, 0.29) is 18.0 Å². The SMILES string of the molecule is C=CCN(c1ccc(C(=O)OCC)cc1C)S(=O)(=O)c1ccc(Br)cc1. The lowest BCUT2D eigenvalue weighted by Gasteiger charge is -2.25. The molecule has 0 amide bonds. The van der Waals surface area contributed by atoms with Gasteiger partial charge in [0.2, 0.25) is 0 Å². The third-order valence-electron chi connectivity index (χ3n) is 3.67. The van der Waals surface area contributed by atoms with Gasteiger partial charge in [0.05, 0.1) is 29.3 Å². The fourth-order valence-corrected chi connectivity index (χ4v) is 4.22. The molecular weight excluding hydrogens is 418 g/mol. The third-order valence-corrected chi connectivity index (χ3v) is 6.00. The zero-order valence-electron chi connectivity index (χ0n) is 14.6. The van der Waals surface area contributed by atoms with E-state index in [9.17, 15) is 13.2 Å². The first kappa shape index (κ1) is 20.2. The number of anilines is 1. The van der Waals surface area contributed by atoms with Gasteiger partial charge >= 0.3 is 5.97 Å². The van der Waals surface area contributed by atoms with E-state index in [0.717, 1.165) is 4.47 Å². The van der Waals surface area contributed by atoms with E-state index in [1.165, 1.54) is 22.5 Å². The highest BCUT2D eigenvalue weighted by Gasteiger charge is 2.25. The van der Waals surface area contributed by atoms with Gasteiger partial charge in [-0.3, -0.25) is 4.31 Å². The fraction of sp³-hybridized carbons (Fsp3) is 0.211. The topological polar surface area (TPSA) is 63.7 Å². The maximum Gasteiger partial charge on any atom is 0.338 e. The number of aryl methyl sites for hydroxylation is 1. The number of sulfonamides is 1. The summed E-state index contributed by atoms with van der Waals surface area (Å²) in [5.41, 5.74) is 1.52. The van der Waals surface area contributed by atoms with Gasteiger partial charge in [0.25, 0.3) is 10.0 Å². The summed E-state index contributed by atoms with van der Waals surface area (Å²) in [6.45, 7) is 7.53. The number of hydrogen-bond donors (Lipinski definition) is 0. The summed E-state index contributed by atoms with van der Waals surface area (Å²) >= 11 is 3.30. The van der Waals surface area contributed by atoms with Crippen molar-refractivity contribution in [3.8, 4) is 0 Å². The molecule has 0 aliphatic heterocycles. The van der Waals surface area contributed by atoms with E-state index in [0.29, 0.717) is 16.8 Å². The molecule has 0 aromatic heterocycles. The van der Waals surface area contributed by atoms with E-state index < -0.39 is 16.0 Å². The Hall–Kier alpha value is -2.12. The molecule has 7 heteroatoms. The van der Waals surface area contributed by atoms with Crippen molar-refractivity contribution < 1.29 is 17.9 Å². The largest absolute Gasteiger partial charge is 0.462 e. The second kappa shape index (κ2) is 8.51. The highest BCUT2D eigenvalue weighted by atomic mass is 79.9. The molecule has 2 aromatic rings. The Labute approximate surface area is 162 Å². The number of carbonyl (C=O) groups is 1. The molecule has 0 saturated heterocycles. The Bertz CT molecular complexity index is 908. The van der Waals surface area contributed by atoms with E-state index in [1.807, 2.05) is 0 Å². The van der Waals surface area contributed by atoms with Crippen molar-refractivity contribution in [3.63, 3.8) is 0 Å². The van der Waals surface area contributed by atoms with Gasteiger partial charge in [0, 0.05) is 4.47 Å². The van der Waals surface area contributed by atoms with Crippen LogP contribution in [0.4, 0.5) is 5.69 Å². The lowest BCUT2D eigenvalue weighted by molar-refractivity contribution is 0.0526. The van der Waals surface area contributed by atoms with Gasteiger partial charge < -0.3 is 4.74 Å². The van der Waals surface area contributed by atoms with E-state index >= 15 is 0 Å². The highest BCUT2D eigenvalue weighted by molar-refractivity contribution is 9.10. The molecule has 5 nitrogen and oxygen atoms in total. The van der Waals surface area contributed by atoms with Crippen molar-refractivity contribution in [1.82, 2.24) is 0 Å². The fourth-order valence-electron chi connectivity index (χ4n) is 2.45. The summed E-state index contributed by atoms with van der Waals surface area (Å²) in [5, 5.41) is 0. The molecule has 26 heavy (non-hydrogen) atoms. The van der Waals surface area contributed by atoms with Gasteiger partial charge in [-0.1, -0.05) is 22.0 Å². The Kier molecular flexibility index (Phi) is 6.61. The molecule has 138 valence electrons. The molecule has 0 N–H and O–H groups in total. The molecule has 0 spiro atoms. The number of carbonyl (C=O) groups excluding carboxylic acids is 1. The van der Waals surface area contributed by atoms with Crippen LogP contribution in [0, 0.1) is 6.92 Å². The number of halogens is 1. The monoisotopic (exact) mass is 437 g/mol. The van der Waals surface area contributed by atoms with Crippen LogP contribution in [0.15, 0.2) is 64.5 Å². The lowest BCUT2D eigenvalue weighted by Crippen LogP contribution is -2.31. The average Bonchev–Trinajstić information content (AvgIpc) is 2.60. The van der Waals surface area contributed by atoms with Crippen LogP contribution in [-0.4, -0.2) is 27.5 Å². The zero-order valence-corrected chi connectivity index (χ0v) is 17.0. The van der Waals surface area contributed by atoms with Crippen LogP contribution in [0.2, 0.25) is 0 Å². The first-order valence-corrected chi connectivity index (χ1v) is 10.2. The summed E-state index contributed by atoms with van der Waals surface area (Å²) in [7, 11) is -3.77. The van der Waals surface area contributed by atoms with Gasteiger partial charge in [0.15, 0.2) is 0 Å². The number of nitrogens with zero attached hydrogens (tertiary/aromatic N) is 1. The standard InChI is InChI=1S/C19H20BrNO4S/c1-4-12-21(26(23,24)17-9-7-16(20)8-10-17)18-11-6-15(13-14(18)3)19(22)25-5-2/h4,6-11,13H,1,5,12H2,2-3H3. The number of rotatable bonds is 7. The van der Waals surface area contributed by atoms with Crippen LogP contribution in [0.5, 0.6) is 0 Å². The minimum Gasteiger partial charge on any atom is -0.462 e. The first-order chi connectivity index (χ1) is 12.3. The third kappa shape index (κ3) is 4.34. The normalized spacial score (nSPS) is 11.0. The molecule has 0 aliphatic carbocycles. The summed E-state index contributed by atoms with van der Waals surface area (Å²) in [6, 6.07) is 11.2. The quantitative estimate of drug-likeness (QED) is 0.477. The van der Waals surface area contributed by atoms with Gasteiger partial charge in [-0.2, -0.15) is 0 Å². The van der Waals surface area contributed by atoms with Crippen molar-refractivity contribution >= 4 is 37.6 Å². The van der Waals surface area contributed by atoms with E-state index in [2.05, 4.69) is 22.5 Å². The van der Waals surface area contributed by atoms with Crippen molar-refractivity contribution in [1.29, 1.82) is 0 Å². The molecule has 0 heterocycles. The highest BCUT2D eigenvalue weighted by Crippen LogP contribution is 2.28. The second-order valence-electron chi connectivity index (χ2n) is 5.50. The van der Waals surface area contributed by atoms with Gasteiger partial charge in [-0.25, -0.2) is 13.2 Å². The molecule has 0 fully saturated rings. The Morgan fingerprint density at radius 1 is 1.23 bits per heavy atom. The van der Waals surface area contributed by atoms with Gasteiger partial charge in [-0.15, -0.1) is 6.58 Å². The Balaban J connectivity index is 2.48. The van der Waals surface area contributed by atoms with Crippen molar-refractivity contribution in [2.75, 3.05) is 17.5 Å². The van der Waals surface area contributed by atoms with Crippen LogP contribution < -0.4 is 4.31 Å². The molecule has 2 rings (SSSR count). The minimum absolute atomic E-state index is 0.109. The summed E-state index contributed by atoms with van der Waals surface area (Å²) in [4.78, 5) is 12.1. The smallest absolute Gasteiger partial charge is 0.338 e. The maximum atomic E-state index is 13.1. The van der Waals surface area contributed by atoms with Crippen molar-refractivity contribution in [2.45, 2.75) is 18.7 Å². The molecule has 0 unspecified atom stereocenters. The van der Waals surface area contributed by atoms with Crippen LogP contribution in [-0.2, 0) is 14.8 Å². The van der Waals surface area contributed by atoms with Crippen LogP contribution in [0.3, 0.4) is 0 Å². The predicted molar refractivity (Wildman–Crippen MR) is 106 cm³/mol. The minimum atomic E-state index is -3.77. The molecular formula is C19H20BrNO4S. The summed E-state index contributed by atoms with van der Waals surface area (Å²) in [5.74, 6) is -0.437.